The SMILES string of the molecule is CCCOc1ccc(S(N)(=O)=O)cc1CN. The monoisotopic (exact) mass is 244 g/mol. The summed E-state index contributed by atoms with van der Waals surface area (Å²) < 4.78 is 27.7. The molecule has 0 aliphatic rings. The van der Waals surface area contributed by atoms with E-state index in [0.29, 0.717) is 17.9 Å². The molecule has 16 heavy (non-hydrogen) atoms. The molecule has 0 atom stereocenters. The normalized spacial score (nSPS) is 11.4. The van der Waals surface area contributed by atoms with Gasteiger partial charge in [0, 0.05) is 12.1 Å². The summed E-state index contributed by atoms with van der Waals surface area (Å²) in [5.74, 6) is 0.608. The van der Waals surface area contributed by atoms with E-state index in [0.717, 1.165) is 6.42 Å². The lowest BCUT2D eigenvalue weighted by atomic mass is 10.2. The van der Waals surface area contributed by atoms with Crippen molar-refractivity contribution in [2.75, 3.05) is 6.61 Å². The molecule has 0 saturated heterocycles. The van der Waals surface area contributed by atoms with Crippen molar-refractivity contribution < 1.29 is 13.2 Å². The van der Waals surface area contributed by atoms with E-state index in [1.165, 1.54) is 12.1 Å². The molecule has 0 amide bonds. The molecule has 1 rings (SSSR count). The Hall–Kier alpha value is -1.11. The van der Waals surface area contributed by atoms with Crippen LogP contribution in [0.4, 0.5) is 0 Å². The third kappa shape index (κ3) is 3.19. The molecule has 0 aromatic heterocycles. The quantitative estimate of drug-likeness (QED) is 0.792. The fourth-order valence-corrected chi connectivity index (χ4v) is 1.81. The van der Waals surface area contributed by atoms with Crippen molar-refractivity contribution in [3.05, 3.63) is 23.8 Å². The summed E-state index contributed by atoms with van der Waals surface area (Å²) in [6, 6.07) is 4.44. The topological polar surface area (TPSA) is 95.4 Å². The van der Waals surface area contributed by atoms with Crippen LogP contribution in [0, 0.1) is 0 Å². The molecule has 0 bridgehead atoms. The second-order valence-electron chi connectivity index (χ2n) is 3.37. The lowest BCUT2D eigenvalue weighted by molar-refractivity contribution is 0.314. The summed E-state index contributed by atoms with van der Waals surface area (Å²) in [7, 11) is -3.68. The summed E-state index contributed by atoms with van der Waals surface area (Å²) in [6.07, 6.45) is 0.876. The van der Waals surface area contributed by atoms with Gasteiger partial charge in [0.2, 0.25) is 10.0 Å². The molecule has 0 aliphatic heterocycles. The summed E-state index contributed by atoms with van der Waals surface area (Å²) in [6.45, 7) is 2.77. The zero-order valence-corrected chi connectivity index (χ0v) is 9.96. The average molecular weight is 244 g/mol. The van der Waals surface area contributed by atoms with Gasteiger partial charge in [-0.05, 0) is 24.6 Å². The van der Waals surface area contributed by atoms with Crippen LogP contribution in [-0.2, 0) is 16.6 Å². The number of nitrogens with two attached hydrogens (primary N) is 2. The number of hydrogen-bond acceptors (Lipinski definition) is 4. The maximum atomic E-state index is 11.1. The van der Waals surface area contributed by atoms with E-state index in [1.807, 2.05) is 6.92 Å². The first-order valence-electron chi connectivity index (χ1n) is 4.97. The number of primary sulfonamides is 1. The molecule has 0 fully saturated rings. The van der Waals surface area contributed by atoms with Crippen molar-refractivity contribution in [1.82, 2.24) is 0 Å². The Kier molecular flexibility index (Phi) is 4.28. The second kappa shape index (κ2) is 5.29. The Morgan fingerprint density at radius 2 is 2.06 bits per heavy atom. The average Bonchev–Trinajstić information content (AvgIpc) is 2.24. The number of ether oxygens (including phenoxy) is 1. The third-order valence-corrected chi connectivity index (χ3v) is 2.95. The molecule has 0 saturated carbocycles. The maximum absolute atomic E-state index is 11.1. The molecule has 1 aromatic rings. The number of hydrogen-bond donors (Lipinski definition) is 2. The van der Waals surface area contributed by atoms with Gasteiger partial charge in [-0.15, -0.1) is 0 Å². The predicted octanol–water partition coefficient (Wildman–Crippen LogP) is 0.582. The van der Waals surface area contributed by atoms with Crippen molar-refractivity contribution in [2.24, 2.45) is 10.9 Å². The minimum Gasteiger partial charge on any atom is -0.493 e. The van der Waals surface area contributed by atoms with Crippen molar-refractivity contribution in [2.45, 2.75) is 24.8 Å². The Balaban J connectivity index is 3.07. The first-order chi connectivity index (χ1) is 7.49. The Morgan fingerprint density at radius 3 is 2.56 bits per heavy atom. The Morgan fingerprint density at radius 1 is 1.38 bits per heavy atom. The van der Waals surface area contributed by atoms with Gasteiger partial charge in [-0.3, -0.25) is 0 Å². The molecule has 6 heteroatoms. The summed E-state index contributed by atoms with van der Waals surface area (Å²) in [5, 5.41) is 5.02. The molecule has 0 spiro atoms. The van der Waals surface area contributed by atoms with Gasteiger partial charge < -0.3 is 10.5 Å². The smallest absolute Gasteiger partial charge is 0.238 e. The van der Waals surface area contributed by atoms with Crippen molar-refractivity contribution >= 4 is 10.0 Å². The molecule has 4 N–H and O–H groups in total. The van der Waals surface area contributed by atoms with Gasteiger partial charge in [-0.2, -0.15) is 0 Å². The van der Waals surface area contributed by atoms with Crippen LogP contribution in [0.5, 0.6) is 5.75 Å². The van der Waals surface area contributed by atoms with Gasteiger partial charge in [-0.25, -0.2) is 13.6 Å². The minimum absolute atomic E-state index is 0.0526. The van der Waals surface area contributed by atoms with Crippen molar-refractivity contribution in [3.63, 3.8) is 0 Å². The highest BCUT2D eigenvalue weighted by atomic mass is 32.2. The fourth-order valence-electron chi connectivity index (χ4n) is 1.25. The lowest BCUT2D eigenvalue weighted by Gasteiger charge is -2.10. The highest BCUT2D eigenvalue weighted by molar-refractivity contribution is 7.89. The van der Waals surface area contributed by atoms with E-state index >= 15 is 0 Å². The largest absolute Gasteiger partial charge is 0.493 e. The minimum atomic E-state index is -3.68. The van der Waals surface area contributed by atoms with Gasteiger partial charge in [0.15, 0.2) is 0 Å². The fraction of sp³-hybridized carbons (Fsp3) is 0.400. The van der Waals surface area contributed by atoms with Gasteiger partial charge in [-0.1, -0.05) is 6.92 Å². The first kappa shape index (κ1) is 13.0. The van der Waals surface area contributed by atoms with Crippen molar-refractivity contribution in [3.8, 4) is 5.75 Å². The van der Waals surface area contributed by atoms with E-state index in [9.17, 15) is 8.42 Å². The Bertz CT molecular complexity index is 457. The zero-order chi connectivity index (χ0) is 12.2. The van der Waals surface area contributed by atoms with E-state index in [2.05, 4.69) is 0 Å². The van der Waals surface area contributed by atoms with E-state index < -0.39 is 10.0 Å². The highest BCUT2D eigenvalue weighted by Crippen LogP contribution is 2.21. The van der Waals surface area contributed by atoms with Crippen LogP contribution in [0.1, 0.15) is 18.9 Å². The van der Waals surface area contributed by atoms with Gasteiger partial charge in [0.25, 0.3) is 0 Å². The van der Waals surface area contributed by atoms with Crippen LogP contribution >= 0.6 is 0 Å². The highest BCUT2D eigenvalue weighted by Gasteiger charge is 2.11. The molecule has 0 heterocycles. The van der Waals surface area contributed by atoms with Gasteiger partial charge >= 0.3 is 0 Å². The van der Waals surface area contributed by atoms with Crippen molar-refractivity contribution in [1.29, 1.82) is 0 Å². The van der Waals surface area contributed by atoms with Crippen LogP contribution in [0.15, 0.2) is 23.1 Å². The van der Waals surface area contributed by atoms with Crippen LogP contribution in [0.3, 0.4) is 0 Å². The summed E-state index contributed by atoms with van der Waals surface area (Å²) >= 11 is 0. The van der Waals surface area contributed by atoms with Crippen LogP contribution in [0.25, 0.3) is 0 Å². The number of benzene rings is 1. The standard InChI is InChI=1S/C10H16N2O3S/c1-2-5-15-10-4-3-9(16(12,13)14)6-8(10)7-11/h3-4,6H,2,5,7,11H2,1H3,(H2,12,13,14). The molecule has 0 radical (unpaired) electrons. The van der Waals surface area contributed by atoms with E-state index in [4.69, 9.17) is 15.6 Å². The summed E-state index contributed by atoms with van der Waals surface area (Å²) in [4.78, 5) is 0.0526. The van der Waals surface area contributed by atoms with Crippen LogP contribution in [0.2, 0.25) is 0 Å². The molecule has 5 nitrogen and oxygen atoms in total. The third-order valence-electron chi connectivity index (χ3n) is 2.04. The van der Waals surface area contributed by atoms with Gasteiger partial charge in [0.1, 0.15) is 5.75 Å². The molecular weight excluding hydrogens is 228 g/mol. The lowest BCUT2D eigenvalue weighted by Crippen LogP contribution is -2.13. The molecule has 0 aliphatic carbocycles. The van der Waals surface area contributed by atoms with Crippen LogP contribution < -0.4 is 15.6 Å². The van der Waals surface area contributed by atoms with Gasteiger partial charge in [0.05, 0.1) is 11.5 Å². The number of sulfonamides is 1. The first-order valence-corrected chi connectivity index (χ1v) is 6.52. The second-order valence-corrected chi connectivity index (χ2v) is 4.93. The Labute approximate surface area is 95.4 Å². The summed E-state index contributed by atoms with van der Waals surface area (Å²) in [5.41, 5.74) is 6.16. The van der Waals surface area contributed by atoms with E-state index in [1.54, 1.807) is 6.07 Å². The maximum Gasteiger partial charge on any atom is 0.238 e. The molecule has 0 unspecified atom stereocenters. The van der Waals surface area contributed by atoms with Crippen LogP contribution in [-0.4, -0.2) is 15.0 Å². The number of rotatable bonds is 5. The molecule has 1 aromatic carbocycles. The zero-order valence-electron chi connectivity index (χ0n) is 9.14. The van der Waals surface area contributed by atoms with E-state index in [-0.39, 0.29) is 11.4 Å². The molecule has 90 valence electrons. The predicted molar refractivity (Wildman–Crippen MR) is 61.5 cm³/mol. The molecular formula is C10H16N2O3S.